The normalized spacial score (nSPS) is 20.8. The summed E-state index contributed by atoms with van der Waals surface area (Å²) in [6, 6.07) is -0.00846. The van der Waals surface area contributed by atoms with Crippen LogP contribution in [0.5, 0.6) is 0 Å². The molecule has 0 radical (unpaired) electrons. The summed E-state index contributed by atoms with van der Waals surface area (Å²) in [4.78, 5) is 25.3. The molecule has 0 unspecified atom stereocenters. The molecule has 1 rings (SSSR count). The lowest BCUT2D eigenvalue weighted by atomic mass is 10.0. The van der Waals surface area contributed by atoms with E-state index in [2.05, 4.69) is 10.2 Å². The van der Waals surface area contributed by atoms with Gasteiger partial charge in [-0.15, -0.1) is 0 Å². The molecule has 1 amide bonds. The average molecular weight is 256 g/mol. The summed E-state index contributed by atoms with van der Waals surface area (Å²) in [7, 11) is 1.42. The Labute approximate surface area is 109 Å². The molecule has 0 spiro atoms. The SMILES string of the molecule is COC(=O)[C@H]1CCCCN1CCC(=O)NC(C)C. The van der Waals surface area contributed by atoms with Crippen molar-refractivity contribution in [3.63, 3.8) is 0 Å². The number of nitrogens with one attached hydrogen (secondary N) is 1. The van der Waals surface area contributed by atoms with Crippen LogP contribution in [0.25, 0.3) is 0 Å². The maximum absolute atomic E-state index is 11.6. The Balaban J connectivity index is 2.42. The Morgan fingerprint density at radius 3 is 2.72 bits per heavy atom. The van der Waals surface area contributed by atoms with Gasteiger partial charge >= 0.3 is 5.97 Å². The van der Waals surface area contributed by atoms with Crippen LogP contribution in [0.4, 0.5) is 0 Å². The third-order valence-electron chi connectivity index (χ3n) is 3.16. The van der Waals surface area contributed by atoms with Crippen LogP contribution in [0.15, 0.2) is 0 Å². The van der Waals surface area contributed by atoms with E-state index in [4.69, 9.17) is 4.74 Å². The van der Waals surface area contributed by atoms with Crippen molar-refractivity contribution < 1.29 is 14.3 Å². The quantitative estimate of drug-likeness (QED) is 0.743. The van der Waals surface area contributed by atoms with Gasteiger partial charge in [0.2, 0.25) is 5.91 Å². The van der Waals surface area contributed by atoms with Crippen molar-refractivity contribution in [3.05, 3.63) is 0 Å². The highest BCUT2D eigenvalue weighted by molar-refractivity contribution is 5.77. The zero-order chi connectivity index (χ0) is 13.5. The van der Waals surface area contributed by atoms with Crippen molar-refractivity contribution >= 4 is 11.9 Å². The molecule has 5 nitrogen and oxygen atoms in total. The number of likely N-dealkylation sites (tertiary alicyclic amines) is 1. The molecule has 0 bridgehead atoms. The molecule has 1 aliphatic heterocycles. The molecule has 1 fully saturated rings. The second kappa shape index (κ2) is 7.36. The zero-order valence-corrected chi connectivity index (χ0v) is 11.6. The lowest BCUT2D eigenvalue weighted by molar-refractivity contribution is -0.148. The van der Waals surface area contributed by atoms with Crippen LogP contribution in [0.1, 0.15) is 39.5 Å². The van der Waals surface area contributed by atoms with Crippen LogP contribution in [-0.2, 0) is 14.3 Å². The van der Waals surface area contributed by atoms with E-state index >= 15 is 0 Å². The highest BCUT2D eigenvalue weighted by Gasteiger charge is 2.29. The van der Waals surface area contributed by atoms with E-state index in [1.165, 1.54) is 7.11 Å². The van der Waals surface area contributed by atoms with Crippen molar-refractivity contribution in [2.24, 2.45) is 0 Å². The standard InChI is InChI=1S/C13H24N2O3/c1-10(2)14-12(16)7-9-15-8-5-4-6-11(15)13(17)18-3/h10-11H,4-9H2,1-3H3,(H,14,16)/t11-/m1/s1. The Morgan fingerprint density at radius 2 is 2.11 bits per heavy atom. The number of carbonyl (C=O) groups excluding carboxylic acids is 2. The first-order valence-electron chi connectivity index (χ1n) is 6.66. The second-order valence-corrected chi connectivity index (χ2v) is 5.04. The number of hydrogen-bond donors (Lipinski definition) is 1. The van der Waals surface area contributed by atoms with Gasteiger partial charge in [-0.25, -0.2) is 0 Å². The largest absolute Gasteiger partial charge is 0.468 e. The fourth-order valence-corrected chi connectivity index (χ4v) is 2.30. The average Bonchev–Trinajstić information content (AvgIpc) is 2.35. The topological polar surface area (TPSA) is 58.6 Å². The first kappa shape index (κ1) is 15.0. The monoisotopic (exact) mass is 256 g/mol. The molecule has 1 heterocycles. The number of piperidine rings is 1. The Hall–Kier alpha value is -1.10. The number of hydrogen-bond acceptors (Lipinski definition) is 4. The van der Waals surface area contributed by atoms with Crippen molar-refractivity contribution in [1.82, 2.24) is 10.2 Å². The molecule has 0 aromatic rings. The fourth-order valence-electron chi connectivity index (χ4n) is 2.30. The summed E-state index contributed by atoms with van der Waals surface area (Å²) in [6.45, 7) is 5.37. The van der Waals surface area contributed by atoms with Gasteiger partial charge in [-0.05, 0) is 33.2 Å². The summed E-state index contributed by atoms with van der Waals surface area (Å²) < 4.78 is 4.81. The fraction of sp³-hybridized carbons (Fsp3) is 0.846. The predicted octanol–water partition coefficient (Wildman–Crippen LogP) is 0.929. The number of rotatable bonds is 5. The molecule has 1 N–H and O–H groups in total. The summed E-state index contributed by atoms with van der Waals surface area (Å²) in [6.07, 6.45) is 3.40. The minimum absolute atomic E-state index is 0.0409. The van der Waals surface area contributed by atoms with Gasteiger partial charge in [0, 0.05) is 19.0 Å². The maximum Gasteiger partial charge on any atom is 0.323 e. The molecule has 1 aliphatic rings. The van der Waals surface area contributed by atoms with Crippen LogP contribution in [0.3, 0.4) is 0 Å². The number of esters is 1. The highest BCUT2D eigenvalue weighted by Crippen LogP contribution is 2.18. The summed E-state index contributed by atoms with van der Waals surface area (Å²) >= 11 is 0. The van der Waals surface area contributed by atoms with E-state index in [0.29, 0.717) is 13.0 Å². The van der Waals surface area contributed by atoms with Crippen LogP contribution in [0.2, 0.25) is 0 Å². The van der Waals surface area contributed by atoms with Crippen molar-refractivity contribution in [1.29, 1.82) is 0 Å². The molecular weight excluding hydrogens is 232 g/mol. The van der Waals surface area contributed by atoms with Gasteiger partial charge < -0.3 is 10.1 Å². The number of carbonyl (C=O) groups is 2. The smallest absolute Gasteiger partial charge is 0.323 e. The first-order valence-corrected chi connectivity index (χ1v) is 6.66. The zero-order valence-electron chi connectivity index (χ0n) is 11.6. The van der Waals surface area contributed by atoms with Crippen LogP contribution >= 0.6 is 0 Å². The Morgan fingerprint density at radius 1 is 1.39 bits per heavy atom. The molecular formula is C13H24N2O3. The molecule has 0 aromatic heterocycles. The van der Waals surface area contributed by atoms with Crippen LogP contribution in [-0.4, -0.2) is 49.1 Å². The van der Waals surface area contributed by atoms with E-state index in [-0.39, 0.29) is 24.0 Å². The Kier molecular flexibility index (Phi) is 6.12. The van der Waals surface area contributed by atoms with E-state index in [1.807, 2.05) is 13.8 Å². The van der Waals surface area contributed by atoms with Gasteiger partial charge in [0.1, 0.15) is 6.04 Å². The van der Waals surface area contributed by atoms with Crippen LogP contribution in [0, 0.1) is 0 Å². The third-order valence-corrected chi connectivity index (χ3v) is 3.16. The molecule has 18 heavy (non-hydrogen) atoms. The molecule has 0 aromatic carbocycles. The van der Waals surface area contributed by atoms with Gasteiger partial charge in [-0.1, -0.05) is 6.42 Å². The lowest BCUT2D eigenvalue weighted by Gasteiger charge is -2.33. The van der Waals surface area contributed by atoms with Crippen molar-refractivity contribution in [2.75, 3.05) is 20.2 Å². The van der Waals surface area contributed by atoms with Crippen LogP contribution < -0.4 is 5.32 Å². The van der Waals surface area contributed by atoms with E-state index in [0.717, 1.165) is 25.8 Å². The Bertz CT molecular complexity index is 292. The minimum Gasteiger partial charge on any atom is -0.468 e. The van der Waals surface area contributed by atoms with Gasteiger partial charge in [0.15, 0.2) is 0 Å². The van der Waals surface area contributed by atoms with E-state index < -0.39 is 0 Å². The number of ether oxygens (including phenoxy) is 1. The van der Waals surface area contributed by atoms with Crippen molar-refractivity contribution in [2.45, 2.75) is 51.6 Å². The predicted molar refractivity (Wildman–Crippen MR) is 69.1 cm³/mol. The van der Waals surface area contributed by atoms with Gasteiger partial charge in [-0.2, -0.15) is 0 Å². The first-order chi connectivity index (χ1) is 8.54. The van der Waals surface area contributed by atoms with Gasteiger partial charge in [0.25, 0.3) is 0 Å². The highest BCUT2D eigenvalue weighted by atomic mass is 16.5. The number of methoxy groups -OCH3 is 1. The lowest BCUT2D eigenvalue weighted by Crippen LogP contribution is -2.46. The van der Waals surface area contributed by atoms with Gasteiger partial charge in [0.05, 0.1) is 7.11 Å². The number of nitrogens with zero attached hydrogens (tertiary/aromatic N) is 1. The molecule has 104 valence electrons. The molecule has 1 atom stereocenters. The third kappa shape index (κ3) is 4.64. The van der Waals surface area contributed by atoms with Gasteiger partial charge in [-0.3, -0.25) is 14.5 Å². The van der Waals surface area contributed by atoms with E-state index in [1.54, 1.807) is 0 Å². The molecule has 1 saturated heterocycles. The maximum atomic E-state index is 11.6. The molecule has 0 aliphatic carbocycles. The summed E-state index contributed by atoms with van der Waals surface area (Å²) in [5.41, 5.74) is 0. The summed E-state index contributed by atoms with van der Waals surface area (Å²) in [5, 5.41) is 2.86. The molecule has 0 saturated carbocycles. The second-order valence-electron chi connectivity index (χ2n) is 5.04. The summed E-state index contributed by atoms with van der Waals surface area (Å²) in [5.74, 6) is -0.141. The molecule has 5 heteroatoms. The minimum atomic E-state index is -0.182. The van der Waals surface area contributed by atoms with Crippen molar-refractivity contribution in [3.8, 4) is 0 Å². The number of amides is 1. The van der Waals surface area contributed by atoms with E-state index in [9.17, 15) is 9.59 Å².